The molecule has 0 fully saturated rings. The first kappa shape index (κ1) is 21.2. The van der Waals surface area contributed by atoms with E-state index < -0.39 is 0 Å². The molecule has 3 aromatic rings. The Bertz CT molecular complexity index is 1040. The van der Waals surface area contributed by atoms with Crippen molar-refractivity contribution < 1.29 is 14.3 Å². The van der Waals surface area contributed by atoms with Crippen LogP contribution >= 0.6 is 11.6 Å². The molecular weight excluding hydrogens is 416 g/mol. The number of likely N-dealkylation sites (N-methyl/N-ethyl adjacent to an activating group) is 1. The fourth-order valence-electron chi connectivity index (χ4n) is 3.51. The molecule has 1 aliphatic rings. The van der Waals surface area contributed by atoms with Gasteiger partial charge in [-0.15, -0.1) is 0 Å². The molecule has 0 radical (unpaired) electrons. The molecule has 4 rings (SSSR count). The van der Waals surface area contributed by atoms with Crippen molar-refractivity contribution in [1.29, 1.82) is 0 Å². The second-order valence-electron chi connectivity index (χ2n) is 7.38. The summed E-state index contributed by atoms with van der Waals surface area (Å²) >= 11 is 6.07. The van der Waals surface area contributed by atoms with Crippen LogP contribution in [0.1, 0.15) is 12.5 Å². The van der Waals surface area contributed by atoms with Crippen LogP contribution in [0.3, 0.4) is 0 Å². The molecule has 8 heteroatoms. The fraction of sp³-hybridized carbons (Fsp3) is 0.304. The predicted octanol–water partition coefficient (Wildman–Crippen LogP) is 3.69. The van der Waals surface area contributed by atoms with E-state index >= 15 is 0 Å². The summed E-state index contributed by atoms with van der Waals surface area (Å²) in [5.41, 5.74) is 1.01. The van der Waals surface area contributed by atoms with Gasteiger partial charge in [-0.3, -0.25) is 9.69 Å². The minimum atomic E-state index is -0.129. The lowest BCUT2D eigenvalue weighted by Crippen LogP contribution is -2.43. The molecule has 162 valence electrons. The average Bonchev–Trinajstić information content (AvgIpc) is 3.19. The third-order valence-corrected chi connectivity index (χ3v) is 5.28. The van der Waals surface area contributed by atoms with Crippen LogP contribution in [0, 0.1) is 0 Å². The van der Waals surface area contributed by atoms with E-state index in [9.17, 15) is 4.79 Å². The van der Waals surface area contributed by atoms with Crippen molar-refractivity contribution in [1.82, 2.24) is 14.7 Å². The molecule has 0 saturated carbocycles. The minimum Gasteiger partial charge on any atom is -0.486 e. The predicted molar refractivity (Wildman–Crippen MR) is 120 cm³/mol. The summed E-state index contributed by atoms with van der Waals surface area (Å²) in [6, 6.07) is 17.0. The van der Waals surface area contributed by atoms with Gasteiger partial charge in [0.15, 0.2) is 11.5 Å². The van der Waals surface area contributed by atoms with E-state index in [-0.39, 0.29) is 18.6 Å². The van der Waals surface area contributed by atoms with Crippen molar-refractivity contribution in [3.05, 3.63) is 71.4 Å². The number of rotatable bonds is 8. The van der Waals surface area contributed by atoms with Crippen molar-refractivity contribution >= 4 is 23.3 Å². The highest BCUT2D eigenvalue weighted by molar-refractivity contribution is 6.30. The van der Waals surface area contributed by atoms with Gasteiger partial charge in [-0.05, 0) is 36.4 Å². The molecule has 1 amide bonds. The standard InChI is InChI=1S/C23H25ClN4O3/c1-2-27(14-19-16-30-20-8-3-4-9-21(20)31-19)15-23(29)26-22-10-11-25-28(22)13-17-6-5-7-18(24)12-17/h3-12,19H,2,13-16H2,1H3,(H,26,29)/t19-/m0/s1. The summed E-state index contributed by atoms with van der Waals surface area (Å²) < 4.78 is 13.5. The van der Waals surface area contributed by atoms with Crippen LogP contribution in [0.4, 0.5) is 5.82 Å². The average molecular weight is 441 g/mol. The van der Waals surface area contributed by atoms with Crippen molar-refractivity contribution in [3.63, 3.8) is 0 Å². The number of amides is 1. The van der Waals surface area contributed by atoms with E-state index in [4.69, 9.17) is 21.1 Å². The van der Waals surface area contributed by atoms with Gasteiger partial charge in [-0.1, -0.05) is 42.8 Å². The number of para-hydroxylation sites is 2. The largest absolute Gasteiger partial charge is 0.486 e. The van der Waals surface area contributed by atoms with Crippen LogP contribution in [0.15, 0.2) is 60.8 Å². The van der Waals surface area contributed by atoms with Gasteiger partial charge >= 0.3 is 0 Å². The van der Waals surface area contributed by atoms with Gasteiger partial charge < -0.3 is 14.8 Å². The molecule has 0 unspecified atom stereocenters. The molecule has 7 nitrogen and oxygen atoms in total. The normalized spacial score (nSPS) is 15.1. The molecule has 2 heterocycles. The minimum absolute atomic E-state index is 0.105. The first-order valence-electron chi connectivity index (χ1n) is 10.3. The number of nitrogens with one attached hydrogen (secondary N) is 1. The third-order valence-electron chi connectivity index (χ3n) is 5.05. The van der Waals surface area contributed by atoms with E-state index in [0.717, 1.165) is 23.6 Å². The molecular formula is C23H25ClN4O3. The van der Waals surface area contributed by atoms with E-state index in [1.165, 1.54) is 0 Å². The summed E-state index contributed by atoms with van der Waals surface area (Å²) in [5, 5.41) is 7.95. The molecule has 0 saturated heterocycles. The molecule has 0 bridgehead atoms. The number of halogens is 1. The zero-order chi connectivity index (χ0) is 21.6. The Morgan fingerprint density at radius 1 is 1.23 bits per heavy atom. The Hall–Kier alpha value is -3.03. The van der Waals surface area contributed by atoms with Gasteiger partial charge in [0, 0.05) is 17.6 Å². The molecule has 31 heavy (non-hydrogen) atoms. The van der Waals surface area contributed by atoms with E-state index in [1.54, 1.807) is 16.9 Å². The molecule has 1 N–H and O–H groups in total. The number of ether oxygens (including phenoxy) is 2. The number of aromatic nitrogens is 2. The Labute approximate surface area is 186 Å². The second kappa shape index (κ2) is 9.85. The van der Waals surface area contributed by atoms with Crippen LogP contribution in [-0.2, 0) is 11.3 Å². The van der Waals surface area contributed by atoms with Crippen LogP contribution in [0.2, 0.25) is 5.02 Å². The van der Waals surface area contributed by atoms with Gasteiger partial charge in [0.2, 0.25) is 5.91 Å². The molecule has 1 atom stereocenters. The summed E-state index contributed by atoms with van der Waals surface area (Å²) in [6.45, 7) is 4.57. The SMILES string of the molecule is CCN(CC(=O)Nc1ccnn1Cc1cccc(Cl)c1)C[C@H]1COc2ccccc2O1. The van der Waals surface area contributed by atoms with Gasteiger partial charge in [0.1, 0.15) is 18.5 Å². The number of carbonyl (C=O) groups excluding carboxylic acids is 1. The highest BCUT2D eigenvalue weighted by Gasteiger charge is 2.23. The lowest BCUT2D eigenvalue weighted by molar-refractivity contribution is -0.117. The molecule has 0 spiro atoms. The van der Waals surface area contributed by atoms with E-state index in [2.05, 4.69) is 10.4 Å². The number of benzene rings is 2. The zero-order valence-corrected chi connectivity index (χ0v) is 18.1. The quantitative estimate of drug-likeness (QED) is 0.578. The Kier molecular flexibility index (Phi) is 6.74. The Morgan fingerprint density at radius 2 is 2.06 bits per heavy atom. The van der Waals surface area contributed by atoms with Crippen LogP contribution < -0.4 is 14.8 Å². The van der Waals surface area contributed by atoms with Crippen molar-refractivity contribution in [2.75, 3.05) is 31.6 Å². The Balaban J connectivity index is 1.32. The molecule has 0 aliphatic carbocycles. The fourth-order valence-corrected chi connectivity index (χ4v) is 3.72. The monoisotopic (exact) mass is 440 g/mol. The third kappa shape index (κ3) is 5.57. The highest BCUT2D eigenvalue weighted by atomic mass is 35.5. The van der Waals surface area contributed by atoms with Gasteiger partial charge in [-0.25, -0.2) is 4.68 Å². The number of carbonyl (C=O) groups is 1. The number of hydrogen-bond donors (Lipinski definition) is 1. The molecule has 1 aliphatic heterocycles. The van der Waals surface area contributed by atoms with Gasteiger partial charge in [-0.2, -0.15) is 5.10 Å². The topological polar surface area (TPSA) is 68.6 Å². The molecule has 2 aromatic carbocycles. The number of nitrogens with zero attached hydrogens (tertiary/aromatic N) is 3. The van der Waals surface area contributed by atoms with E-state index in [1.807, 2.05) is 60.4 Å². The summed E-state index contributed by atoms with van der Waals surface area (Å²) in [5.74, 6) is 2.04. The number of fused-ring (bicyclic) bond motifs is 1. The van der Waals surface area contributed by atoms with Gasteiger partial charge in [0.25, 0.3) is 0 Å². The summed E-state index contributed by atoms with van der Waals surface area (Å²) in [7, 11) is 0. The number of anilines is 1. The van der Waals surface area contributed by atoms with Crippen LogP contribution in [0.5, 0.6) is 11.5 Å². The first-order chi connectivity index (χ1) is 15.1. The maximum absolute atomic E-state index is 12.7. The number of hydrogen-bond acceptors (Lipinski definition) is 5. The second-order valence-corrected chi connectivity index (χ2v) is 7.81. The smallest absolute Gasteiger partial charge is 0.239 e. The lowest BCUT2D eigenvalue weighted by Gasteiger charge is -2.30. The van der Waals surface area contributed by atoms with Crippen molar-refractivity contribution in [2.45, 2.75) is 19.6 Å². The summed E-state index contributed by atoms with van der Waals surface area (Å²) in [6.07, 6.45) is 1.54. The molecule has 1 aromatic heterocycles. The maximum atomic E-state index is 12.7. The zero-order valence-electron chi connectivity index (χ0n) is 17.3. The van der Waals surface area contributed by atoms with Crippen LogP contribution in [0.25, 0.3) is 0 Å². The Morgan fingerprint density at radius 3 is 2.87 bits per heavy atom. The summed E-state index contributed by atoms with van der Waals surface area (Å²) in [4.78, 5) is 14.7. The highest BCUT2D eigenvalue weighted by Crippen LogP contribution is 2.31. The van der Waals surface area contributed by atoms with Crippen LogP contribution in [-0.4, -0.2) is 52.9 Å². The first-order valence-corrected chi connectivity index (χ1v) is 10.7. The van der Waals surface area contributed by atoms with Gasteiger partial charge in [0.05, 0.1) is 19.3 Å². The van der Waals surface area contributed by atoms with Crippen molar-refractivity contribution in [3.8, 4) is 11.5 Å². The maximum Gasteiger partial charge on any atom is 0.239 e. The van der Waals surface area contributed by atoms with Crippen molar-refractivity contribution in [2.24, 2.45) is 0 Å². The van der Waals surface area contributed by atoms with E-state index in [0.29, 0.717) is 30.5 Å². The lowest BCUT2D eigenvalue weighted by atomic mass is 10.2.